The minimum atomic E-state index is -0.424. The number of nitrogens with one attached hydrogen (secondary N) is 2. The zero-order valence-electron chi connectivity index (χ0n) is 20.1. The maximum absolute atomic E-state index is 13.8. The van der Waals surface area contributed by atoms with Crippen molar-refractivity contribution in [2.45, 2.75) is 38.6 Å². The summed E-state index contributed by atoms with van der Waals surface area (Å²) in [5.41, 5.74) is 5.18. The minimum absolute atomic E-state index is 0.0197. The number of Topliss-reactive ketones (excluding diaryl/α,β-unsaturated/α-hetero) is 1. The van der Waals surface area contributed by atoms with Crippen LogP contribution in [0.5, 0.6) is 11.5 Å². The van der Waals surface area contributed by atoms with Crippen molar-refractivity contribution in [2.24, 2.45) is 0 Å². The molecule has 6 nitrogen and oxygen atoms in total. The molecule has 1 heterocycles. The molecule has 0 spiro atoms. The van der Waals surface area contributed by atoms with Gasteiger partial charge in [0.1, 0.15) is 0 Å². The third-order valence-corrected chi connectivity index (χ3v) is 6.85. The highest BCUT2D eigenvalue weighted by Crippen LogP contribution is 2.46. The van der Waals surface area contributed by atoms with Crippen molar-refractivity contribution in [3.8, 4) is 11.5 Å². The summed E-state index contributed by atoms with van der Waals surface area (Å²) in [5.74, 6) is 0.419. The number of carbonyl (C=O) groups is 2. The van der Waals surface area contributed by atoms with Gasteiger partial charge in [0, 0.05) is 29.6 Å². The molecule has 1 aliphatic heterocycles. The summed E-state index contributed by atoms with van der Waals surface area (Å²) >= 11 is 6.51. The van der Waals surface area contributed by atoms with Gasteiger partial charge in [-0.3, -0.25) is 9.59 Å². The van der Waals surface area contributed by atoms with Crippen LogP contribution < -0.4 is 20.1 Å². The van der Waals surface area contributed by atoms with E-state index in [-0.39, 0.29) is 11.7 Å². The molecule has 2 N–H and O–H groups in total. The van der Waals surface area contributed by atoms with Gasteiger partial charge in [-0.1, -0.05) is 48.0 Å². The third kappa shape index (κ3) is 4.69. The van der Waals surface area contributed by atoms with Crippen molar-refractivity contribution < 1.29 is 19.1 Å². The van der Waals surface area contributed by atoms with E-state index in [0.717, 1.165) is 28.2 Å². The van der Waals surface area contributed by atoms with E-state index in [4.69, 9.17) is 21.1 Å². The van der Waals surface area contributed by atoms with E-state index in [2.05, 4.69) is 10.6 Å². The maximum atomic E-state index is 13.8. The smallest absolute Gasteiger partial charge is 0.308 e. The standard InChI is InChI=1S/C29H27ClN2O4/c1-3-35-27-16-18(12-13-26(27)36-17(2)33)29-28-24(31-22-10-6-7-11-23(22)32-29)14-19(15-25(28)34)20-8-4-5-9-21(20)30/h4-13,16,19,29,31-32H,3,14-15H2,1-2H3. The summed E-state index contributed by atoms with van der Waals surface area (Å²) in [6.07, 6.45) is 1.02. The molecule has 0 saturated carbocycles. The van der Waals surface area contributed by atoms with Gasteiger partial charge < -0.3 is 20.1 Å². The Labute approximate surface area is 215 Å². The molecular formula is C29H27ClN2O4. The van der Waals surface area contributed by atoms with E-state index in [1.807, 2.05) is 67.6 Å². The number of benzene rings is 3. The van der Waals surface area contributed by atoms with Gasteiger partial charge in [0.15, 0.2) is 17.3 Å². The van der Waals surface area contributed by atoms with E-state index in [1.54, 1.807) is 6.07 Å². The number of para-hydroxylation sites is 2. The van der Waals surface area contributed by atoms with Crippen molar-refractivity contribution in [3.63, 3.8) is 0 Å². The molecule has 2 unspecified atom stereocenters. The molecule has 2 aliphatic rings. The van der Waals surface area contributed by atoms with Gasteiger partial charge in [-0.25, -0.2) is 0 Å². The molecule has 0 radical (unpaired) electrons. The van der Waals surface area contributed by atoms with Gasteiger partial charge in [-0.05, 0) is 60.7 Å². The number of anilines is 2. The summed E-state index contributed by atoms with van der Waals surface area (Å²) in [6.45, 7) is 3.63. The molecule has 5 rings (SSSR count). The zero-order chi connectivity index (χ0) is 25.2. The summed E-state index contributed by atoms with van der Waals surface area (Å²) in [5, 5.41) is 7.78. The van der Waals surface area contributed by atoms with Crippen LogP contribution in [0.4, 0.5) is 11.4 Å². The number of hydrogen-bond donors (Lipinski definition) is 2. The van der Waals surface area contributed by atoms with Crippen LogP contribution >= 0.6 is 11.6 Å². The summed E-state index contributed by atoms with van der Waals surface area (Å²) < 4.78 is 11.1. The number of hydrogen-bond acceptors (Lipinski definition) is 6. The Bertz CT molecular complexity index is 1370. The van der Waals surface area contributed by atoms with Crippen molar-refractivity contribution in [1.29, 1.82) is 0 Å². The van der Waals surface area contributed by atoms with Gasteiger partial charge in [0.25, 0.3) is 0 Å². The number of ketones is 1. The number of fused-ring (bicyclic) bond motifs is 1. The third-order valence-electron chi connectivity index (χ3n) is 6.51. The predicted octanol–water partition coefficient (Wildman–Crippen LogP) is 6.64. The lowest BCUT2D eigenvalue weighted by Crippen LogP contribution is -2.27. The van der Waals surface area contributed by atoms with E-state index in [9.17, 15) is 9.59 Å². The lowest BCUT2D eigenvalue weighted by molar-refractivity contribution is -0.132. The highest BCUT2D eigenvalue weighted by molar-refractivity contribution is 6.31. The molecule has 7 heteroatoms. The van der Waals surface area contributed by atoms with Crippen LogP contribution in [0.3, 0.4) is 0 Å². The first-order chi connectivity index (χ1) is 17.4. The average Bonchev–Trinajstić information content (AvgIpc) is 3.02. The molecule has 184 valence electrons. The van der Waals surface area contributed by atoms with Crippen molar-refractivity contribution in [1.82, 2.24) is 0 Å². The van der Waals surface area contributed by atoms with Gasteiger partial charge in [-0.2, -0.15) is 0 Å². The first kappa shape index (κ1) is 23.9. The van der Waals surface area contributed by atoms with Crippen LogP contribution in [-0.2, 0) is 9.59 Å². The maximum Gasteiger partial charge on any atom is 0.308 e. The number of allylic oxidation sites excluding steroid dienone is 1. The van der Waals surface area contributed by atoms with Crippen LogP contribution in [0.1, 0.15) is 49.8 Å². The second kappa shape index (κ2) is 10.1. The van der Waals surface area contributed by atoms with E-state index in [1.165, 1.54) is 6.92 Å². The number of esters is 1. The van der Waals surface area contributed by atoms with Gasteiger partial charge in [0.2, 0.25) is 0 Å². The van der Waals surface area contributed by atoms with E-state index in [0.29, 0.717) is 41.5 Å². The summed E-state index contributed by atoms with van der Waals surface area (Å²) in [6, 6.07) is 20.6. The molecule has 36 heavy (non-hydrogen) atoms. The first-order valence-corrected chi connectivity index (χ1v) is 12.4. The summed E-state index contributed by atoms with van der Waals surface area (Å²) in [4.78, 5) is 25.3. The number of halogens is 1. The predicted molar refractivity (Wildman–Crippen MR) is 141 cm³/mol. The molecule has 0 aromatic heterocycles. The van der Waals surface area contributed by atoms with Crippen molar-refractivity contribution >= 4 is 34.7 Å². The van der Waals surface area contributed by atoms with Crippen molar-refractivity contribution in [3.05, 3.63) is 94.1 Å². The Kier molecular flexibility index (Phi) is 6.70. The fourth-order valence-corrected chi connectivity index (χ4v) is 5.27. The van der Waals surface area contributed by atoms with Gasteiger partial charge in [0.05, 0.1) is 24.0 Å². The normalized spacial score (nSPS) is 18.8. The van der Waals surface area contributed by atoms with Crippen LogP contribution in [-0.4, -0.2) is 18.4 Å². The number of ether oxygens (including phenoxy) is 2. The number of rotatable bonds is 5. The fraction of sp³-hybridized carbons (Fsp3) is 0.241. The van der Waals surface area contributed by atoms with E-state index < -0.39 is 12.0 Å². The van der Waals surface area contributed by atoms with E-state index >= 15 is 0 Å². The van der Waals surface area contributed by atoms with Crippen LogP contribution in [0.2, 0.25) is 5.02 Å². The SMILES string of the molecule is CCOc1cc(C2Nc3ccccc3NC3=C2C(=O)CC(c2ccccc2Cl)C3)ccc1OC(C)=O. The quantitative estimate of drug-likeness (QED) is 0.301. The molecule has 3 aromatic carbocycles. The molecule has 0 bridgehead atoms. The molecule has 2 atom stereocenters. The number of carbonyl (C=O) groups excluding carboxylic acids is 2. The molecule has 0 amide bonds. The molecular weight excluding hydrogens is 476 g/mol. The Morgan fingerprint density at radius 2 is 1.75 bits per heavy atom. The first-order valence-electron chi connectivity index (χ1n) is 12.0. The Hall–Kier alpha value is -3.77. The fourth-order valence-electron chi connectivity index (χ4n) is 4.98. The lowest BCUT2D eigenvalue weighted by Gasteiger charge is -2.30. The highest BCUT2D eigenvalue weighted by Gasteiger charge is 2.36. The van der Waals surface area contributed by atoms with Crippen LogP contribution in [0.25, 0.3) is 0 Å². The minimum Gasteiger partial charge on any atom is -0.490 e. The summed E-state index contributed by atoms with van der Waals surface area (Å²) in [7, 11) is 0. The van der Waals surface area contributed by atoms with Crippen LogP contribution in [0, 0.1) is 0 Å². The highest BCUT2D eigenvalue weighted by atomic mass is 35.5. The molecule has 3 aromatic rings. The van der Waals surface area contributed by atoms with Crippen molar-refractivity contribution in [2.75, 3.05) is 17.2 Å². The Morgan fingerprint density at radius 3 is 2.50 bits per heavy atom. The Balaban J connectivity index is 1.61. The average molecular weight is 503 g/mol. The van der Waals surface area contributed by atoms with Crippen LogP contribution in [0.15, 0.2) is 78.0 Å². The second-order valence-corrected chi connectivity index (χ2v) is 9.33. The lowest BCUT2D eigenvalue weighted by atomic mass is 9.78. The molecule has 0 saturated heterocycles. The van der Waals surface area contributed by atoms with Gasteiger partial charge >= 0.3 is 5.97 Å². The van der Waals surface area contributed by atoms with Gasteiger partial charge in [-0.15, -0.1) is 0 Å². The molecule has 0 fully saturated rings. The Morgan fingerprint density at radius 1 is 1.00 bits per heavy atom. The topological polar surface area (TPSA) is 76.7 Å². The molecule has 1 aliphatic carbocycles. The second-order valence-electron chi connectivity index (χ2n) is 8.92. The largest absolute Gasteiger partial charge is 0.490 e. The monoisotopic (exact) mass is 502 g/mol. The zero-order valence-corrected chi connectivity index (χ0v) is 20.9.